The number of aromatic nitrogens is 2. The molecule has 1 fully saturated rings. The first-order valence-electron chi connectivity index (χ1n) is 8.68. The molecule has 148 valence electrons. The zero-order valence-electron chi connectivity index (χ0n) is 15.1. The molecule has 0 saturated carbocycles. The van der Waals surface area contributed by atoms with Crippen LogP contribution in [0.15, 0.2) is 29.3 Å². The van der Waals surface area contributed by atoms with E-state index in [1.807, 2.05) is 0 Å². The minimum Gasteiger partial charge on any atom is -0.479 e. The summed E-state index contributed by atoms with van der Waals surface area (Å²) in [6.07, 6.45) is 0. The second-order valence-electron chi connectivity index (χ2n) is 6.69. The molecule has 2 aromatic rings. The number of aliphatic hydroxyl groups is 1. The Hall–Kier alpha value is -2.46. The number of halogens is 2. The number of anilines is 1. The molecule has 1 saturated heterocycles. The number of methoxy groups -OCH3 is 1. The van der Waals surface area contributed by atoms with Crippen LogP contribution in [0.1, 0.15) is 11.3 Å². The molecule has 1 aromatic heterocycles. The Labute approximate surface area is 164 Å². The normalized spacial score (nSPS) is 24.1. The summed E-state index contributed by atoms with van der Waals surface area (Å²) in [5.74, 6) is -0.587. The van der Waals surface area contributed by atoms with E-state index >= 15 is 0 Å². The molecule has 0 radical (unpaired) electrons. The van der Waals surface area contributed by atoms with Crippen molar-refractivity contribution >= 4 is 22.9 Å². The number of rotatable bonds is 4. The number of aliphatic hydroxyl groups excluding tert-OH is 1. The number of hydrogen-bond donors (Lipinski definition) is 2. The van der Waals surface area contributed by atoms with Gasteiger partial charge in [0.2, 0.25) is 11.8 Å². The minimum atomic E-state index is -0.884. The van der Waals surface area contributed by atoms with Crippen molar-refractivity contribution < 1.29 is 18.6 Å². The Morgan fingerprint density at radius 2 is 2.14 bits per heavy atom. The molecule has 2 aliphatic heterocycles. The summed E-state index contributed by atoms with van der Waals surface area (Å²) in [5, 5.41) is 9.81. The number of thioether (sulfide) groups is 1. The molecule has 0 spiro atoms. The number of hydrogen-bond acceptors (Lipinski definition) is 8. The number of amidine groups is 1. The lowest BCUT2D eigenvalue weighted by Gasteiger charge is -2.34. The zero-order chi connectivity index (χ0) is 19.9. The third kappa shape index (κ3) is 2.96. The molecule has 28 heavy (non-hydrogen) atoms. The lowest BCUT2D eigenvalue weighted by Crippen LogP contribution is -2.40. The molecular formula is C18H19F2N5O2S. The van der Waals surface area contributed by atoms with Crippen molar-refractivity contribution in [2.24, 2.45) is 16.6 Å². The highest BCUT2D eigenvalue weighted by Gasteiger charge is 2.52. The van der Waals surface area contributed by atoms with Crippen molar-refractivity contribution in [3.63, 3.8) is 0 Å². The van der Waals surface area contributed by atoms with Crippen LogP contribution >= 0.6 is 11.8 Å². The van der Waals surface area contributed by atoms with Gasteiger partial charge in [0.05, 0.1) is 20.3 Å². The van der Waals surface area contributed by atoms with E-state index in [0.29, 0.717) is 23.0 Å². The Morgan fingerprint density at radius 3 is 2.86 bits per heavy atom. The zero-order valence-corrected chi connectivity index (χ0v) is 15.9. The molecule has 0 bridgehead atoms. The van der Waals surface area contributed by atoms with E-state index in [2.05, 4.69) is 15.0 Å². The highest BCUT2D eigenvalue weighted by atomic mass is 32.2. The van der Waals surface area contributed by atoms with E-state index in [0.717, 1.165) is 0 Å². The third-order valence-corrected chi connectivity index (χ3v) is 6.09. The molecule has 7 nitrogen and oxygen atoms in total. The van der Waals surface area contributed by atoms with Crippen LogP contribution in [0.4, 0.5) is 14.7 Å². The first kappa shape index (κ1) is 18.9. The van der Waals surface area contributed by atoms with Gasteiger partial charge in [0, 0.05) is 23.8 Å². The van der Waals surface area contributed by atoms with Crippen molar-refractivity contribution in [3.8, 4) is 5.88 Å². The van der Waals surface area contributed by atoms with Crippen molar-refractivity contribution in [3.05, 3.63) is 47.2 Å². The fourth-order valence-corrected chi connectivity index (χ4v) is 4.78. The second kappa shape index (κ2) is 7.17. The number of nitrogens with two attached hydrogens (primary N) is 1. The summed E-state index contributed by atoms with van der Waals surface area (Å²) in [6.45, 7) is 0.172. The second-order valence-corrected chi connectivity index (χ2v) is 7.73. The van der Waals surface area contributed by atoms with Crippen LogP contribution in [0.2, 0.25) is 0 Å². The highest BCUT2D eigenvalue weighted by Crippen LogP contribution is 2.47. The topological polar surface area (TPSA) is 96.9 Å². The number of nitrogens with zero attached hydrogens (tertiary/aromatic N) is 4. The first-order valence-corrected chi connectivity index (χ1v) is 9.66. The van der Waals surface area contributed by atoms with Gasteiger partial charge in [-0.25, -0.2) is 14.4 Å². The summed E-state index contributed by atoms with van der Waals surface area (Å²) >= 11 is 1.42. The first-order chi connectivity index (χ1) is 13.5. The van der Waals surface area contributed by atoms with Crippen molar-refractivity contribution in [1.82, 2.24) is 9.97 Å². The standard InChI is InChI=1S/C18H19F2N5O2S/c1-27-15-14(20)13(7-26)22-17(23-15)25-6-10-8-28-16(21)24-18(10,9-25)11-4-2-3-5-12(11)19/h2-5,10,26H,6-9H2,1H3,(H2,21,24)/t10-,18-/m0/s1. The molecule has 2 atom stereocenters. The van der Waals surface area contributed by atoms with E-state index < -0.39 is 18.0 Å². The van der Waals surface area contributed by atoms with Crippen LogP contribution in [0.25, 0.3) is 0 Å². The lowest BCUT2D eigenvalue weighted by molar-refractivity contribution is 0.265. The maximum absolute atomic E-state index is 14.7. The van der Waals surface area contributed by atoms with Crippen LogP contribution in [0.5, 0.6) is 5.88 Å². The van der Waals surface area contributed by atoms with Gasteiger partial charge >= 0.3 is 0 Å². The monoisotopic (exact) mass is 407 g/mol. The lowest BCUT2D eigenvalue weighted by atomic mass is 9.81. The summed E-state index contributed by atoms with van der Waals surface area (Å²) in [5.41, 5.74) is 5.41. The highest BCUT2D eigenvalue weighted by molar-refractivity contribution is 8.13. The quantitative estimate of drug-likeness (QED) is 0.795. The van der Waals surface area contributed by atoms with Gasteiger partial charge in [0.15, 0.2) is 5.17 Å². The average molecular weight is 407 g/mol. The molecule has 0 aliphatic carbocycles. The molecule has 3 N–H and O–H groups in total. The van der Waals surface area contributed by atoms with Gasteiger partial charge in [0.1, 0.15) is 17.1 Å². The molecular weight excluding hydrogens is 388 g/mol. The fourth-order valence-electron chi connectivity index (χ4n) is 3.80. The van der Waals surface area contributed by atoms with E-state index in [1.165, 1.54) is 24.9 Å². The molecule has 0 amide bonds. The smallest absolute Gasteiger partial charge is 0.255 e. The Kier molecular flexibility index (Phi) is 4.84. The van der Waals surface area contributed by atoms with Crippen LogP contribution in [0.3, 0.4) is 0 Å². The number of benzene rings is 1. The van der Waals surface area contributed by atoms with E-state index in [-0.39, 0.29) is 35.8 Å². The van der Waals surface area contributed by atoms with Crippen LogP contribution in [-0.4, -0.2) is 46.2 Å². The van der Waals surface area contributed by atoms with Gasteiger partial charge < -0.3 is 20.5 Å². The molecule has 1 aromatic carbocycles. The number of ether oxygens (including phenoxy) is 1. The summed E-state index contributed by atoms with van der Waals surface area (Å²) in [6, 6.07) is 6.51. The van der Waals surface area contributed by atoms with Crippen molar-refractivity contribution in [1.29, 1.82) is 0 Å². The SMILES string of the molecule is COc1nc(N2C[C@H]3CSC(N)=N[C@@]3(c3ccccc3F)C2)nc(CO)c1F. The van der Waals surface area contributed by atoms with Crippen molar-refractivity contribution in [2.45, 2.75) is 12.1 Å². The summed E-state index contributed by atoms with van der Waals surface area (Å²) < 4.78 is 33.8. The predicted octanol–water partition coefficient (Wildman–Crippen LogP) is 1.65. The summed E-state index contributed by atoms with van der Waals surface area (Å²) in [7, 11) is 1.29. The number of fused-ring (bicyclic) bond motifs is 1. The maximum Gasteiger partial charge on any atom is 0.255 e. The average Bonchev–Trinajstić information content (AvgIpc) is 3.08. The molecule has 2 aliphatic rings. The van der Waals surface area contributed by atoms with Gasteiger partial charge in [-0.3, -0.25) is 0 Å². The van der Waals surface area contributed by atoms with Gasteiger partial charge in [-0.1, -0.05) is 30.0 Å². The molecule has 4 rings (SSSR count). The Balaban J connectivity index is 1.79. The summed E-state index contributed by atoms with van der Waals surface area (Å²) in [4.78, 5) is 14.7. The number of aliphatic imine (C=N–C) groups is 1. The van der Waals surface area contributed by atoms with E-state index in [9.17, 15) is 13.9 Å². The Bertz CT molecular complexity index is 919. The molecule has 0 unspecified atom stereocenters. The van der Waals surface area contributed by atoms with Gasteiger partial charge in [-0.05, 0) is 6.07 Å². The molecule has 10 heteroatoms. The van der Waals surface area contributed by atoms with E-state index in [1.54, 1.807) is 23.1 Å². The minimum absolute atomic E-state index is 0.0427. The maximum atomic E-state index is 14.7. The largest absolute Gasteiger partial charge is 0.479 e. The van der Waals surface area contributed by atoms with Gasteiger partial charge in [0.25, 0.3) is 5.88 Å². The van der Waals surface area contributed by atoms with Crippen LogP contribution in [-0.2, 0) is 12.1 Å². The van der Waals surface area contributed by atoms with Gasteiger partial charge in [-0.2, -0.15) is 9.37 Å². The third-order valence-electron chi connectivity index (χ3n) is 5.13. The van der Waals surface area contributed by atoms with Crippen molar-refractivity contribution in [2.75, 3.05) is 30.9 Å². The van der Waals surface area contributed by atoms with Crippen LogP contribution in [0, 0.1) is 17.6 Å². The van der Waals surface area contributed by atoms with E-state index in [4.69, 9.17) is 10.5 Å². The van der Waals surface area contributed by atoms with Gasteiger partial charge in [-0.15, -0.1) is 0 Å². The van der Waals surface area contributed by atoms with Crippen LogP contribution < -0.4 is 15.4 Å². The predicted molar refractivity (Wildman–Crippen MR) is 102 cm³/mol. The fraction of sp³-hybridized carbons (Fsp3) is 0.389. The Morgan fingerprint density at radius 1 is 1.36 bits per heavy atom. The molecule has 3 heterocycles.